The standard InChI is InChI=1S/C18H24N2O3/c21-17(20-19-14-15-6-2-1-3-7-15)10-9-16-8-4-5-11-18(16)22-12-13-23-18/h1-3,6-7,14,16H,4-5,8-13H2,(H,20,21). The Bertz CT molecular complexity index is 538. The Kier molecular flexibility index (Phi) is 5.41. The summed E-state index contributed by atoms with van der Waals surface area (Å²) in [6.45, 7) is 1.34. The quantitative estimate of drug-likeness (QED) is 0.671. The van der Waals surface area contributed by atoms with Gasteiger partial charge in [-0.05, 0) is 24.8 Å². The molecule has 0 aromatic heterocycles. The molecule has 1 N–H and O–H groups in total. The minimum atomic E-state index is -0.425. The lowest BCUT2D eigenvalue weighted by Crippen LogP contribution is -2.42. The zero-order chi connectivity index (χ0) is 16.0. The highest BCUT2D eigenvalue weighted by Crippen LogP contribution is 2.42. The molecule has 5 heteroatoms. The van der Waals surface area contributed by atoms with Crippen LogP contribution in [-0.2, 0) is 14.3 Å². The third-order valence-corrected chi connectivity index (χ3v) is 4.65. The van der Waals surface area contributed by atoms with Crippen LogP contribution in [0.15, 0.2) is 35.4 Å². The second-order valence-corrected chi connectivity index (χ2v) is 6.19. The van der Waals surface area contributed by atoms with Crippen molar-refractivity contribution in [3.63, 3.8) is 0 Å². The van der Waals surface area contributed by atoms with Gasteiger partial charge in [-0.3, -0.25) is 4.79 Å². The van der Waals surface area contributed by atoms with Crippen molar-refractivity contribution in [3.05, 3.63) is 35.9 Å². The number of hydrogen-bond donors (Lipinski definition) is 1. The number of carbonyl (C=O) groups excluding carboxylic acids is 1. The van der Waals surface area contributed by atoms with Gasteiger partial charge in [0.05, 0.1) is 19.4 Å². The lowest BCUT2D eigenvalue weighted by molar-refractivity contribution is -0.213. The molecule has 2 fully saturated rings. The van der Waals surface area contributed by atoms with Gasteiger partial charge in [0.1, 0.15) is 0 Å². The van der Waals surface area contributed by atoms with E-state index in [4.69, 9.17) is 9.47 Å². The van der Waals surface area contributed by atoms with Gasteiger partial charge in [0.25, 0.3) is 0 Å². The average Bonchev–Trinajstić information content (AvgIpc) is 3.04. The molecule has 1 saturated carbocycles. The molecule has 5 nitrogen and oxygen atoms in total. The van der Waals surface area contributed by atoms with E-state index in [9.17, 15) is 4.79 Å². The van der Waals surface area contributed by atoms with Gasteiger partial charge < -0.3 is 9.47 Å². The van der Waals surface area contributed by atoms with Crippen LogP contribution < -0.4 is 5.43 Å². The summed E-state index contributed by atoms with van der Waals surface area (Å²) >= 11 is 0. The van der Waals surface area contributed by atoms with E-state index in [-0.39, 0.29) is 5.91 Å². The topological polar surface area (TPSA) is 59.9 Å². The lowest BCUT2D eigenvalue weighted by Gasteiger charge is -2.39. The molecule has 1 saturated heterocycles. The number of carbonyl (C=O) groups is 1. The Labute approximate surface area is 137 Å². The van der Waals surface area contributed by atoms with Crippen LogP contribution in [0.25, 0.3) is 0 Å². The Balaban J connectivity index is 1.46. The normalized spacial score (nSPS) is 23.4. The van der Waals surface area contributed by atoms with E-state index in [1.807, 2.05) is 30.3 Å². The van der Waals surface area contributed by atoms with Crippen molar-refractivity contribution >= 4 is 12.1 Å². The lowest BCUT2D eigenvalue weighted by atomic mass is 9.80. The summed E-state index contributed by atoms with van der Waals surface area (Å²) < 4.78 is 11.8. The SMILES string of the molecule is O=C(CCC1CCCCC12OCCO2)NN=Cc1ccccc1. The van der Waals surface area contributed by atoms with Gasteiger partial charge in [0.15, 0.2) is 5.79 Å². The van der Waals surface area contributed by atoms with Crippen molar-refractivity contribution in [1.29, 1.82) is 0 Å². The van der Waals surface area contributed by atoms with Crippen molar-refractivity contribution in [2.75, 3.05) is 13.2 Å². The molecule has 1 aliphatic carbocycles. The minimum absolute atomic E-state index is 0.0594. The predicted molar refractivity (Wildman–Crippen MR) is 88.0 cm³/mol. The highest BCUT2D eigenvalue weighted by molar-refractivity contribution is 5.82. The molecule has 1 spiro atoms. The minimum Gasteiger partial charge on any atom is -0.347 e. The zero-order valence-electron chi connectivity index (χ0n) is 13.4. The summed E-state index contributed by atoms with van der Waals surface area (Å²) in [6, 6.07) is 9.70. The first-order valence-corrected chi connectivity index (χ1v) is 8.43. The monoisotopic (exact) mass is 316 g/mol. The number of ether oxygens (including phenoxy) is 2. The van der Waals surface area contributed by atoms with E-state index in [2.05, 4.69) is 10.5 Å². The van der Waals surface area contributed by atoms with E-state index in [0.717, 1.165) is 31.2 Å². The van der Waals surface area contributed by atoms with Gasteiger partial charge in [0.2, 0.25) is 5.91 Å². The molecular weight excluding hydrogens is 292 g/mol. The fourth-order valence-electron chi connectivity index (χ4n) is 3.48. The second-order valence-electron chi connectivity index (χ2n) is 6.19. The Morgan fingerprint density at radius 2 is 2.04 bits per heavy atom. The van der Waals surface area contributed by atoms with Crippen LogP contribution in [0, 0.1) is 5.92 Å². The van der Waals surface area contributed by atoms with Gasteiger partial charge in [-0.2, -0.15) is 5.10 Å². The van der Waals surface area contributed by atoms with Gasteiger partial charge in [-0.25, -0.2) is 5.43 Å². The number of nitrogens with one attached hydrogen (secondary N) is 1. The molecule has 0 bridgehead atoms. The van der Waals surface area contributed by atoms with Gasteiger partial charge >= 0.3 is 0 Å². The highest BCUT2D eigenvalue weighted by Gasteiger charge is 2.45. The Morgan fingerprint density at radius 1 is 1.26 bits per heavy atom. The number of benzene rings is 1. The fourth-order valence-corrected chi connectivity index (χ4v) is 3.48. The second kappa shape index (κ2) is 7.70. The Hall–Kier alpha value is -1.72. The van der Waals surface area contributed by atoms with E-state index < -0.39 is 5.79 Å². The third kappa shape index (κ3) is 4.18. The molecule has 23 heavy (non-hydrogen) atoms. The number of nitrogens with zero attached hydrogens (tertiary/aromatic N) is 1. The van der Waals surface area contributed by atoms with Crippen molar-refractivity contribution in [2.45, 2.75) is 44.3 Å². The molecule has 1 aromatic carbocycles. The van der Waals surface area contributed by atoms with Crippen LogP contribution >= 0.6 is 0 Å². The maximum absolute atomic E-state index is 12.0. The number of rotatable bonds is 5. The van der Waals surface area contributed by atoms with Crippen LogP contribution in [0.3, 0.4) is 0 Å². The molecule has 0 radical (unpaired) electrons. The van der Waals surface area contributed by atoms with Gasteiger partial charge in [-0.15, -0.1) is 0 Å². The first kappa shape index (κ1) is 16.1. The van der Waals surface area contributed by atoms with Crippen LogP contribution in [-0.4, -0.2) is 31.1 Å². The average molecular weight is 316 g/mol. The summed E-state index contributed by atoms with van der Waals surface area (Å²) in [7, 11) is 0. The molecule has 1 atom stereocenters. The molecule has 1 unspecified atom stereocenters. The first-order valence-electron chi connectivity index (χ1n) is 8.43. The van der Waals surface area contributed by atoms with Crippen LogP contribution in [0.1, 0.15) is 44.1 Å². The van der Waals surface area contributed by atoms with Crippen molar-refractivity contribution in [1.82, 2.24) is 5.43 Å². The molecule has 1 heterocycles. The summed E-state index contributed by atoms with van der Waals surface area (Å²) in [5.74, 6) is -0.176. The van der Waals surface area contributed by atoms with Crippen LogP contribution in [0.4, 0.5) is 0 Å². The third-order valence-electron chi connectivity index (χ3n) is 4.65. The van der Waals surface area contributed by atoms with Crippen molar-refractivity contribution in [2.24, 2.45) is 11.0 Å². The number of amides is 1. The predicted octanol–water partition coefficient (Wildman–Crippen LogP) is 2.85. The van der Waals surface area contributed by atoms with E-state index in [0.29, 0.717) is 25.6 Å². The van der Waals surface area contributed by atoms with Gasteiger partial charge in [-0.1, -0.05) is 36.8 Å². The van der Waals surface area contributed by atoms with Gasteiger partial charge in [0, 0.05) is 18.8 Å². The van der Waals surface area contributed by atoms with E-state index >= 15 is 0 Å². The maximum Gasteiger partial charge on any atom is 0.240 e. The maximum atomic E-state index is 12.0. The molecule has 124 valence electrons. The van der Waals surface area contributed by atoms with E-state index in [1.54, 1.807) is 6.21 Å². The molecule has 2 aliphatic rings. The fraction of sp³-hybridized carbons (Fsp3) is 0.556. The summed E-state index contributed by atoms with van der Waals surface area (Å²) in [5, 5.41) is 4.01. The molecule has 1 amide bonds. The van der Waals surface area contributed by atoms with E-state index in [1.165, 1.54) is 6.42 Å². The van der Waals surface area contributed by atoms with Crippen molar-refractivity contribution < 1.29 is 14.3 Å². The summed E-state index contributed by atoms with van der Waals surface area (Å²) in [5.41, 5.74) is 3.56. The first-order chi connectivity index (χ1) is 11.3. The molecule has 1 aromatic rings. The van der Waals surface area contributed by atoms with Crippen LogP contribution in [0.2, 0.25) is 0 Å². The highest BCUT2D eigenvalue weighted by atomic mass is 16.7. The zero-order valence-corrected chi connectivity index (χ0v) is 13.4. The summed E-state index contributed by atoms with van der Waals surface area (Å²) in [6.07, 6.45) is 7.24. The molecule has 3 rings (SSSR count). The number of hydrogen-bond acceptors (Lipinski definition) is 4. The number of hydrazone groups is 1. The van der Waals surface area contributed by atoms with Crippen LogP contribution in [0.5, 0.6) is 0 Å². The summed E-state index contributed by atoms with van der Waals surface area (Å²) in [4.78, 5) is 12.0. The van der Waals surface area contributed by atoms with Crippen molar-refractivity contribution in [3.8, 4) is 0 Å². The smallest absolute Gasteiger partial charge is 0.240 e. The molecule has 1 aliphatic heterocycles. The Morgan fingerprint density at radius 3 is 2.83 bits per heavy atom. The molecular formula is C18H24N2O3. The largest absolute Gasteiger partial charge is 0.347 e.